The average Bonchev–Trinajstić information content (AvgIpc) is 2.30. The number of carbonyl (C=O) groups excluding carboxylic acids is 1. The van der Waals surface area contributed by atoms with Crippen LogP contribution in [-0.2, 0) is 9.53 Å². The second-order valence-electron chi connectivity index (χ2n) is 4.92. The fourth-order valence-electron chi connectivity index (χ4n) is 2.42. The fraction of sp³-hybridized carbons (Fsp3) is 0.917. The summed E-state index contributed by atoms with van der Waals surface area (Å²) in [5.74, 6) is -0.684. The highest BCUT2D eigenvalue weighted by molar-refractivity contribution is 5.78. The van der Waals surface area contributed by atoms with Crippen molar-refractivity contribution in [1.29, 1.82) is 0 Å². The highest BCUT2D eigenvalue weighted by atomic mass is 16.5. The standard InChI is InChI=1S/C12H24N2O3/c1-4-12(3)9(6-10(12)17-5-2)14-7-8(15)11(13)16/h8-10,14-15H,4-7H2,1-3H3,(H2,13,16). The van der Waals surface area contributed by atoms with Crippen molar-refractivity contribution in [3.05, 3.63) is 0 Å². The number of rotatable bonds is 7. The Labute approximate surface area is 103 Å². The normalized spacial score (nSPS) is 34.1. The molecule has 0 spiro atoms. The van der Waals surface area contributed by atoms with E-state index in [4.69, 9.17) is 10.5 Å². The number of nitrogens with one attached hydrogen (secondary N) is 1. The zero-order chi connectivity index (χ0) is 13.1. The number of nitrogens with two attached hydrogens (primary N) is 1. The molecule has 0 radical (unpaired) electrons. The van der Waals surface area contributed by atoms with Crippen molar-refractivity contribution in [3.8, 4) is 0 Å². The molecule has 100 valence electrons. The second-order valence-corrected chi connectivity index (χ2v) is 4.92. The number of ether oxygens (including phenoxy) is 1. The van der Waals surface area contributed by atoms with Crippen LogP contribution in [0.1, 0.15) is 33.6 Å². The van der Waals surface area contributed by atoms with Crippen molar-refractivity contribution in [2.24, 2.45) is 11.1 Å². The molecule has 0 aromatic rings. The quantitative estimate of drug-likeness (QED) is 0.589. The summed E-state index contributed by atoms with van der Waals surface area (Å²) < 4.78 is 5.67. The van der Waals surface area contributed by atoms with Crippen LogP contribution >= 0.6 is 0 Å². The number of aliphatic hydroxyl groups excluding tert-OH is 1. The van der Waals surface area contributed by atoms with Crippen molar-refractivity contribution in [2.75, 3.05) is 13.2 Å². The lowest BCUT2D eigenvalue weighted by atomic mass is 9.61. The summed E-state index contributed by atoms with van der Waals surface area (Å²) in [6.07, 6.45) is 1.08. The maximum atomic E-state index is 10.7. The van der Waals surface area contributed by atoms with E-state index in [0.29, 0.717) is 0 Å². The van der Waals surface area contributed by atoms with E-state index in [1.54, 1.807) is 0 Å². The van der Waals surface area contributed by atoms with Crippen molar-refractivity contribution in [3.63, 3.8) is 0 Å². The minimum absolute atomic E-state index is 0.0768. The van der Waals surface area contributed by atoms with Gasteiger partial charge in [-0.15, -0.1) is 0 Å². The van der Waals surface area contributed by atoms with Gasteiger partial charge >= 0.3 is 0 Å². The Morgan fingerprint density at radius 3 is 2.76 bits per heavy atom. The molecular formula is C12H24N2O3. The third-order valence-electron chi connectivity index (χ3n) is 4.00. The Bertz CT molecular complexity index is 272. The van der Waals surface area contributed by atoms with Crippen molar-refractivity contribution < 1.29 is 14.6 Å². The van der Waals surface area contributed by atoms with Crippen molar-refractivity contribution in [1.82, 2.24) is 5.32 Å². The van der Waals surface area contributed by atoms with Gasteiger partial charge in [-0.1, -0.05) is 13.8 Å². The largest absolute Gasteiger partial charge is 0.382 e. The molecule has 1 fully saturated rings. The van der Waals surface area contributed by atoms with Crippen LogP contribution in [0.3, 0.4) is 0 Å². The molecule has 0 aliphatic heterocycles. The first-order valence-corrected chi connectivity index (χ1v) is 6.28. The minimum Gasteiger partial charge on any atom is -0.382 e. The number of hydrogen-bond acceptors (Lipinski definition) is 4. The maximum absolute atomic E-state index is 10.7. The molecule has 4 unspecified atom stereocenters. The molecule has 1 saturated carbocycles. The van der Waals surface area contributed by atoms with E-state index in [9.17, 15) is 9.90 Å². The lowest BCUT2D eigenvalue weighted by Crippen LogP contribution is -2.63. The molecule has 5 nitrogen and oxygen atoms in total. The molecule has 5 heteroatoms. The van der Waals surface area contributed by atoms with E-state index in [-0.39, 0.29) is 24.1 Å². The lowest BCUT2D eigenvalue weighted by Gasteiger charge is -2.54. The number of hydrogen-bond donors (Lipinski definition) is 3. The molecule has 0 aromatic carbocycles. The van der Waals surface area contributed by atoms with Crippen LogP contribution in [0, 0.1) is 5.41 Å². The molecular weight excluding hydrogens is 220 g/mol. The third kappa shape index (κ3) is 2.97. The van der Waals surface area contributed by atoms with Crippen LogP contribution in [0.25, 0.3) is 0 Å². The van der Waals surface area contributed by atoms with Gasteiger partial charge in [0.25, 0.3) is 0 Å². The van der Waals surface area contributed by atoms with Crippen molar-refractivity contribution >= 4 is 5.91 Å². The number of carbonyl (C=O) groups is 1. The summed E-state index contributed by atoms with van der Waals surface area (Å²) >= 11 is 0. The molecule has 17 heavy (non-hydrogen) atoms. The zero-order valence-corrected chi connectivity index (χ0v) is 10.9. The summed E-state index contributed by atoms with van der Waals surface area (Å²) in [4.78, 5) is 10.7. The molecule has 1 amide bonds. The van der Waals surface area contributed by atoms with E-state index >= 15 is 0 Å². The number of primary amides is 1. The van der Waals surface area contributed by atoms with Crippen molar-refractivity contribution in [2.45, 2.75) is 51.9 Å². The smallest absolute Gasteiger partial charge is 0.247 e. The van der Waals surface area contributed by atoms with Gasteiger partial charge in [-0.25, -0.2) is 0 Å². The molecule has 0 heterocycles. The summed E-state index contributed by atoms with van der Waals surface area (Å²) in [5.41, 5.74) is 5.08. The van der Waals surface area contributed by atoms with Gasteiger partial charge in [0.05, 0.1) is 6.10 Å². The predicted molar refractivity (Wildman–Crippen MR) is 65.4 cm³/mol. The fourth-order valence-corrected chi connectivity index (χ4v) is 2.42. The molecule has 1 aliphatic carbocycles. The van der Waals surface area contributed by atoms with E-state index in [2.05, 4.69) is 19.2 Å². The van der Waals surface area contributed by atoms with Gasteiger partial charge < -0.3 is 20.9 Å². The van der Waals surface area contributed by atoms with Crippen LogP contribution in [0.4, 0.5) is 0 Å². The molecule has 0 bridgehead atoms. The predicted octanol–water partition coefficient (Wildman–Crippen LogP) is 0.0159. The van der Waals surface area contributed by atoms with Crippen LogP contribution in [0.2, 0.25) is 0 Å². The number of amides is 1. The van der Waals surface area contributed by atoms with Gasteiger partial charge in [0, 0.05) is 24.6 Å². The highest BCUT2D eigenvalue weighted by Gasteiger charge is 2.50. The Hall–Kier alpha value is -0.650. The summed E-state index contributed by atoms with van der Waals surface area (Å²) in [5, 5.41) is 12.5. The van der Waals surface area contributed by atoms with Crippen LogP contribution in [0.5, 0.6) is 0 Å². The van der Waals surface area contributed by atoms with Gasteiger partial charge in [0.1, 0.15) is 6.10 Å². The first-order chi connectivity index (χ1) is 7.95. The second kappa shape index (κ2) is 5.80. The average molecular weight is 244 g/mol. The minimum atomic E-state index is -1.11. The lowest BCUT2D eigenvalue weighted by molar-refractivity contribution is -0.132. The van der Waals surface area contributed by atoms with Crippen LogP contribution < -0.4 is 11.1 Å². The molecule has 4 N–H and O–H groups in total. The summed E-state index contributed by atoms with van der Waals surface area (Å²) in [7, 11) is 0. The highest BCUT2D eigenvalue weighted by Crippen LogP contribution is 2.45. The molecule has 0 aromatic heterocycles. The Kier molecular flexibility index (Phi) is 4.91. The first kappa shape index (κ1) is 14.4. The van der Waals surface area contributed by atoms with Gasteiger partial charge in [-0.2, -0.15) is 0 Å². The Morgan fingerprint density at radius 2 is 2.29 bits per heavy atom. The zero-order valence-electron chi connectivity index (χ0n) is 10.9. The SMILES string of the molecule is CCOC1CC(NCC(O)C(N)=O)C1(C)CC. The first-order valence-electron chi connectivity index (χ1n) is 6.28. The van der Waals surface area contributed by atoms with Gasteiger partial charge in [-0.3, -0.25) is 4.79 Å². The summed E-state index contributed by atoms with van der Waals surface area (Å²) in [6.45, 7) is 7.23. The third-order valence-corrected chi connectivity index (χ3v) is 4.00. The van der Waals surface area contributed by atoms with Gasteiger partial charge in [0.15, 0.2) is 0 Å². The van der Waals surface area contributed by atoms with Gasteiger partial charge in [0.2, 0.25) is 5.91 Å². The van der Waals surface area contributed by atoms with E-state index in [1.165, 1.54) is 0 Å². The molecule has 0 saturated heterocycles. The van der Waals surface area contributed by atoms with Crippen LogP contribution in [0.15, 0.2) is 0 Å². The molecule has 4 atom stereocenters. The van der Waals surface area contributed by atoms with E-state index < -0.39 is 12.0 Å². The van der Waals surface area contributed by atoms with Gasteiger partial charge in [-0.05, 0) is 19.8 Å². The summed E-state index contributed by atoms with van der Waals surface area (Å²) in [6, 6.07) is 0.276. The Balaban J connectivity index is 2.43. The monoisotopic (exact) mass is 244 g/mol. The molecule has 1 aliphatic rings. The Morgan fingerprint density at radius 1 is 1.65 bits per heavy atom. The molecule has 1 rings (SSSR count). The van der Waals surface area contributed by atoms with E-state index in [0.717, 1.165) is 19.4 Å². The maximum Gasteiger partial charge on any atom is 0.247 e. The van der Waals surface area contributed by atoms with Crippen LogP contribution in [-0.4, -0.2) is 42.4 Å². The topological polar surface area (TPSA) is 84.6 Å². The van der Waals surface area contributed by atoms with E-state index in [1.807, 2.05) is 6.92 Å². The number of aliphatic hydroxyl groups is 1.